The quantitative estimate of drug-likeness (QED) is 0.911. The van der Waals surface area contributed by atoms with E-state index in [0.29, 0.717) is 6.42 Å². The van der Waals surface area contributed by atoms with Gasteiger partial charge in [-0.05, 0) is 29.8 Å². The van der Waals surface area contributed by atoms with Crippen molar-refractivity contribution in [1.82, 2.24) is 9.78 Å². The van der Waals surface area contributed by atoms with Gasteiger partial charge < -0.3 is 10.5 Å². The number of aryl methyl sites for hydroxylation is 1. The van der Waals surface area contributed by atoms with Gasteiger partial charge in [0.25, 0.3) is 0 Å². The molecule has 0 saturated heterocycles. The number of hydrogen-bond acceptors (Lipinski definition) is 3. The SMILES string of the molecule is Cn1ncc(Br)c1CC(C)(C)OC(N)=O. The minimum absolute atomic E-state index is 0.549. The monoisotopic (exact) mass is 275 g/mol. The van der Waals surface area contributed by atoms with Gasteiger partial charge in [0.05, 0.1) is 16.4 Å². The van der Waals surface area contributed by atoms with Crippen LogP contribution in [0.25, 0.3) is 0 Å². The second-order valence-corrected chi connectivity index (χ2v) is 4.77. The van der Waals surface area contributed by atoms with Crippen LogP contribution in [-0.2, 0) is 18.2 Å². The van der Waals surface area contributed by atoms with Crippen molar-refractivity contribution in [3.8, 4) is 0 Å². The maximum Gasteiger partial charge on any atom is 0.405 e. The van der Waals surface area contributed by atoms with Crippen molar-refractivity contribution < 1.29 is 9.53 Å². The van der Waals surface area contributed by atoms with Gasteiger partial charge in [-0.1, -0.05) is 0 Å². The van der Waals surface area contributed by atoms with Crippen LogP contribution in [0.3, 0.4) is 0 Å². The van der Waals surface area contributed by atoms with Crippen molar-refractivity contribution in [2.75, 3.05) is 0 Å². The number of carbonyl (C=O) groups excluding carboxylic acids is 1. The van der Waals surface area contributed by atoms with Gasteiger partial charge in [-0.15, -0.1) is 0 Å². The van der Waals surface area contributed by atoms with Crippen LogP contribution in [0.1, 0.15) is 19.5 Å². The van der Waals surface area contributed by atoms with E-state index < -0.39 is 11.7 Å². The van der Waals surface area contributed by atoms with Gasteiger partial charge in [0, 0.05) is 13.5 Å². The molecule has 0 aliphatic heterocycles. The molecule has 0 radical (unpaired) electrons. The first-order valence-electron chi connectivity index (χ1n) is 4.46. The number of carbonyl (C=O) groups is 1. The molecule has 0 fully saturated rings. The van der Waals surface area contributed by atoms with Crippen LogP contribution >= 0.6 is 15.9 Å². The predicted octanol–water partition coefficient (Wildman–Crippen LogP) is 1.60. The second kappa shape index (κ2) is 4.22. The summed E-state index contributed by atoms with van der Waals surface area (Å²) in [6.07, 6.45) is 1.49. The summed E-state index contributed by atoms with van der Waals surface area (Å²) in [7, 11) is 1.83. The Labute approximate surface area is 96.7 Å². The van der Waals surface area contributed by atoms with Crippen molar-refractivity contribution in [3.05, 3.63) is 16.4 Å². The van der Waals surface area contributed by atoms with Crippen LogP contribution in [0.15, 0.2) is 10.7 Å². The lowest BCUT2D eigenvalue weighted by Gasteiger charge is -2.24. The molecule has 15 heavy (non-hydrogen) atoms. The molecule has 0 aliphatic carbocycles. The number of primary amides is 1. The molecule has 1 aromatic rings. The summed E-state index contributed by atoms with van der Waals surface area (Å²) in [6.45, 7) is 3.61. The molecule has 1 amide bonds. The molecule has 0 atom stereocenters. The molecular formula is C9H14BrN3O2. The first kappa shape index (κ1) is 12.0. The molecule has 1 rings (SSSR count). The summed E-state index contributed by atoms with van der Waals surface area (Å²) in [4.78, 5) is 10.7. The molecule has 0 saturated carbocycles. The number of hydrogen-bond donors (Lipinski definition) is 1. The summed E-state index contributed by atoms with van der Waals surface area (Å²) in [5.41, 5.74) is 5.31. The smallest absolute Gasteiger partial charge is 0.405 e. The zero-order valence-corrected chi connectivity index (χ0v) is 10.5. The van der Waals surface area contributed by atoms with Gasteiger partial charge in [-0.3, -0.25) is 4.68 Å². The highest BCUT2D eigenvalue weighted by atomic mass is 79.9. The lowest BCUT2D eigenvalue weighted by atomic mass is 10.0. The molecule has 0 bridgehead atoms. The van der Waals surface area contributed by atoms with E-state index in [2.05, 4.69) is 21.0 Å². The van der Waals surface area contributed by atoms with E-state index in [1.165, 1.54) is 0 Å². The van der Waals surface area contributed by atoms with Gasteiger partial charge in [0.2, 0.25) is 0 Å². The number of nitrogens with zero attached hydrogens (tertiary/aromatic N) is 2. The lowest BCUT2D eigenvalue weighted by Crippen LogP contribution is -2.34. The average molecular weight is 276 g/mol. The third-order valence-electron chi connectivity index (χ3n) is 1.98. The van der Waals surface area contributed by atoms with Crippen LogP contribution in [0.5, 0.6) is 0 Å². The van der Waals surface area contributed by atoms with Crippen molar-refractivity contribution in [2.45, 2.75) is 25.9 Å². The Morgan fingerprint density at radius 3 is 2.73 bits per heavy atom. The summed E-state index contributed by atoms with van der Waals surface area (Å²) < 4.78 is 7.62. The molecule has 1 heterocycles. The number of halogens is 1. The second-order valence-electron chi connectivity index (χ2n) is 3.92. The minimum atomic E-state index is -0.765. The molecular weight excluding hydrogens is 262 g/mol. The van der Waals surface area contributed by atoms with E-state index in [4.69, 9.17) is 10.5 Å². The predicted molar refractivity (Wildman–Crippen MR) is 59.4 cm³/mol. The number of ether oxygens (including phenoxy) is 1. The average Bonchev–Trinajstić information content (AvgIpc) is 2.33. The lowest BCUT2D eigenvalue weighted by molar-refractivity contribution is 0.0445. The van der Waals surface area contributed by atoms with Gasteiger partial charge in [0.1, 0.15) is 5.60 Å². The summed E-state index contributed by atoms with van der Waals surface area (Å²) in [5, 5.41) is 4.08. The normalized spacial score (nSPS) is 11.5. The molecule has 0 spiro atoms. The molecule has 0 aliphatic rings. The van der Waals surface area contributed by atoms with Crippen LogP contribution in [-0.4, -0.2) is 21.5 Å². The standard InChI is InChI=1S/C9H14BrN3O2/c1-9(2,15-8(11)14)4-7-6(10)5-12-13(7)3/h5H,4H2,1-3H3,(H2,11,14). The Hall–Kier alpha value is -1.04. The number of amides is 1. The van der Waals surface area contributed by atoms with E-state index in [-0.39, 0.29) is 0 Å². The molecule has 1 aromatic heterocycles. The Kier molecular flexibility index (Phi) is 3.38. The van der Waals surface area contributed by atoms with E-state index in [1.54, 1.807) is 24.7 Å². The van der Waals surface area contributed by atoms with Crippen LogP contribution in [0.2, 0.25) is 0 Å². The molecule has 6 heteroatoms. The Bertz CT molecular complexity index is 354. The van der Waals surface area contributed by atoms with E-state index >= 15 is 0 Å². The summed E-state index contributed by atoms with van der Waals surface area (Å²) in [5.74, 6) is 0. The Balaban J connectivity index is 2.81. The maximum atomic E-state index is 10.7. The molecule has 5 nitrogen and oxygen atoms in total. The summed E-state index contributed by atoms with van der Waals surface area (Å²) >= 11 is 3.38. The van der Waals surface area contributed by atoms with Crippen molar-refractivity contribution in [3.63, 3.8) is 0 Å². The molecule has 2 N–H and O–H groups in total. The molecule has 84 valence electrons. The number of nitrogens with two attached hydrogens (primary N) is 1. The fourth-order valence-electron chi connectivity index (χ4n) is 1.35. The third kappa shape index (κ3) is 3.23. The van der Waals surface area contributed by atoms with Gasteiger partial charge in [-0.2, -0.15) is 5.10 Å². The first-order valence-corrected chi connectivity index (χ1v) is 5.26. The summed E-state index contributed by atoms with van der Waals surface area (Å²) in [6, 6.07) is 0. The highest BCUT2D eigenvalue weighted by Crippen LogP contribution is 2.22. The van der Waals surface area contributed by atoms with Crippen LogP contribution in [0.4, 0.5) is 4.79 Å². The minimum Gasteiger partial charge on any atom is -0.443 e. The van der Waals surface area contributed by atoms with Gasteiger partial charge in [-0.25, -0.2) is 4.79 Å². The van der Waals surface area contributed by atoms with Crippen LogP contribution in [0, 0.1) is 0 Å². The maximum absolute atomic E-state index is 10.7. The van der Waals surface area contributed by atoms with E-state index in [0.717, 1.165) is 10.2 Å². The zero-order chi connectivity index (χ0) is 11.6. The largest absolute Gasteiger partial charge is 0.443 e. The van der Waals surface area contributed by atoms with Gasteiger partial charge >= 0.3 is 6.09 Å². The topological polar surface area (TPSA) is 70.1 Å². The molecule has 0 unspecified atom stereocenters. The van der Waals surface area contributed by atoms with Crippen LogP contribution < -0.4 is 5.73 Å². The number of rotatable bonds is 3. The molecule has 0 aromatic carbocycles. The van der Waals surface area contributed by atoms with E-state index in [1.807, 2.05) is 7.05 Å². The fourth-order valence-corrected chi connectivity index (χ4v) is 1.83. The Morgan fingerprint density at radius 1 is 1.73 bits per heavy atom. The number of aromatic nitrogens is 2. The fraction of sp³-hybridized carbons (Fsp3) is 0.556. The van der Waals surface area contributed by atoms with Crippen molar-refractivity contribution in [2.24, 2.45) is 12.8 Å². The zero-order valence-electron chi connectivity index (χ0n) is 8.95. The Morgan fingerprint density at radius 2 is 2.33 bits per heavy atom. The van der Waals surface area contributed by atoms with E-state index in [9.17, 15) is 4.79 Å². The highest BCUT2D eigenvalue weighted by molar-refractivity contribution is 9.10. The highest BCUT2D eigenvalue weighted by Gasteiger charge is 2.25. The first-order chi connectivity index (χ1) is 6.82. The van der Waals surface area contributed by atoms with Crippen molar-refractivity contribution >= 4 is 22.0 Å². The third-order valence-corrected chi connectivity index (χ3v) is 2.64. The van der Waals surface area contributed by atoms with Gasteiger partial charge in [0.15, 0.2) is 0 Å². The van der Waals surface area contributed by atoms with Crippen molar-refractivity contribution in [1.29, 1.82) is 0 Å².